The first kappa shape index (κ1) is 12.3. The molecular weight excluding hydrogens is 202 g/mol. The highest BCUT2D eigenvalue weighted by molar-refractivity contribution is 4.86. The Morgan fingerprint density at radius 1 is 1.25 bits per heavy atom. The molecule has 0 bridgehead atoms. The maximum absolute atomic E-state index is 10.3. The lowest BCUT2D eigenvalue weighted by Gasteiger charge is -2.31. The van der Waals surface area contributed by atoms with Crippen molar-refractivity contribution in [3.63, 3.8) is 0 Å². The van der Waals surface area contributed by atoms with E-state index in [0.29, 0.717) is 12.0 Å². The molecule has 0 spiro atoms. The second kappa shape index (κ2) is 5.99. The normalized spacial score (nSPS) is 24.9. The van der Waals surface area contributed by atoms with E-state index in [9.17, 15) is 5.11 Å². The third kappa shape index (κ3) is 3.44. The molecule has 1 aliphatic heterocycles. The van der Waals surface area contributed by atoms with Crippen LogP contribution in [-0.2, 0) is 4.74 Å². The molecule has 0 aromatic heterocycles. The Morgan fingerprint density at radius 3 is 2.50 bits per heavy atom. The zero-order valence-electron chi connectivity index (χ0n) is 10.4. The van der Waals surface area contributed by atoms with Crippen molar-refractivity contribution in [1.29, 1.82) is 0 Å². The first-order valence-electron chi connectivity index (χ1n) is 6.82. The van der Waals surface area contributed by atoms with Gasteiger partial charge in [0, 0.05) is 25.8 Å². The minimum Gasteiger partial charge on any atom is -0.381 e. The van der Waals surface area contributed by atoms with Gasteiger partial charge in [-0.3, -0.25) is 4.90 Å². The second-order valence-corrected chi connectivity index (χ2v) is 5.24. The Kier molecular flexibility index (Phi) is 4.62. The molecule has 2 aliphatic rings. The van der Waals surface area contributed by atoms with Gasteiger partial charge in [-0.05, 0) is 44.4 Å². The lowest BCUT2D eigenvalue weighted by Crippen LogP contribution is -2.39. The Bertz CT molecular complexity index is 200. The standard InChI is InChI=1S/C13H25NO2/c1-2-7-14(12-3-4-12)13(15)10-11-5-8-16-9-6-11/h11-13,15H,2-10H2,1H3. The number of rotatable bonds is 6. The summed E-state index contributed by atoms with van der Waals surface area (Å²) in [5.74, 6) is 0.668. The molecule has 94 valence electrons. The lowest BCUT2D eigenvalue weighted by atomic mass is 9.95. The lowest BCUT2D eigenvalue weighted by molar-refractivity contribution is -0.0344. The van der Waals surface area contributed by atoms with Crippen molar-refractivity contribution in [2.45, 2.75) is 57.7 Å². The van der Waals surface area contributed by atoms with Crippen LogP contribution in [-0.4, -0.2) is 42.0 Å². The molecule has 3 heteroatoms. The van der Waals surface area contributed by atoms with Crippen LogP contribution in [0.25, 0.3) is 0 Å². The summed E-state index contributed by atoms with van der Waals surface area (Å²) in [5, 5.41) is 10.3. The van der Waals surface area contributed by atoms with Crippen molar-refractivity contribution in [2.75, 3.05) is 19.8 Å². The fourth-order valence-corrected chi connectivity index (χ4v) is 2.65. The van der Waals surface area contributed by atoms with E-state index in [1.54, 1.807) is 0 Å². The van der Waals surface area contributed by atoms with Gasteiger partial charge >= 0.3 is 0 Å². The van der Waals surface area contributed by atoms with Gasteiger partial charge in [-0.15, -0.1) is 0 Å². The summed E-state index contributed by atoms with van der Waals surface area (Å²) in [4.78, 5) is 2.31. The van der Waals surface area contributed by atoms with Crippen molar-refractivity contribution in [2.24, 2.45) is 5.92 Å². The van der Waals surface area contributed by atoms with Crippen LogP contribution in [0.2, 0.25) is 0 Å². The van der Waals surface area contributed by atoms with Gasteiger partial charge in [0.1, 0.15) is 6.23 Å². The minimum atomic E-state index is -0.212. The molecule has 2 rings (SSSR count). The monoisotopic (exact) mass is 227 g/mol. The molecule has 0 aromatic carbocycles. The maximum Gasteiger partial charge on any atom is 0.107 e. The molecule has 1 N–H and O–H groups in total. The highest BCUT2D eigenvalue weighted by atomic mass is 16.5. The number of hydrogen-bond acceptors (Lipinski definition) is 3. The smallest absolute Gasteiger partial charge is 0.107 e. The summed E-state index contributed by atoms with van der Waals surface area (Å²) in [5.41, 5.74) is 0. The SMILES string of the molecule is CCCN(C(O)CC1CCOCC1)C1CC1. The van der Waals surface area contributed by atoms with Crippen molar-refractivity contribution < 1.29 is 9.84 Å². The van der Waals surface area contributed by atoms with E-state index in [4.69, 9.17) is 4.74 Å². The summed E-state index contributed by atoms with van der Waals surface area (Å²) in [7, 11) is 0. The van der Waals surface area contributed by atoms with Gasteiger partial charge in [0.15, 0.2) is 0 Å². The first-order valence-corrected chi connectivity index (χ1v) is 6.82. The Morgan fingerprint density at radius 2 is 1.94 bits per heavy atom. The van der Waals surface area contributed by atoms with Crippen LogP contribution in [0.3, 0.4) is 0 Å². The van der Waals surface area contributed by atoms with Crippen LogP contribution in [0.5, 0.6) is 0 Å². The zero-order valence-corrected chi connectivity index (χ0v) is 10.4. The van der Waals surface area contributed by atoms with Crippen LogP contribution >= 0.6 is 0 Å². The molecule has 1 atom stereocenters. The quantitative estimate of drug-likeness (QED) is 0.704. The van der Waals surface area contributed by atoms with Gasteiger partial charge in [-0.1, -0.05) is 6.92 Å². The fraction of sp³-hybridized carbons (Fsp3) is 1.00. The van der Waals surface area contributed by atoms with Crippen molar-refractivity contribution in [1.82, 2.24) is 4.90 Å². The van der Waals surface area contributed by atoms with Gasteiger partial charge in [0.05, 0.1) is 0 Å². The molecule has 2 fully saturated rings. The van der Waals surface area contributed by atoms with Crippen LogP contribution < -0.4 is 0 Å². The molecule has 1 heterocycles. The molecule has 1 saturated heterocycles. The van der Waals surface area contributed by atoms with Gasteiger partial charge < -0.3 is 9.84 Å². The molecule has 0 amide bonds. The Labute approximate surface area is 98.8 Å². The fourth-order valence-electron chi connectivity index (χ4n) is 2.65. The molecule has 16 heavy (non-hydrogen) atoms. The number of ether oxygens (including phenoxy) is 1. The number of aliphatic hydroxyl groups excluding tert-OH is 1. The maximum atomic E-state index is 10.3. The van der Waals surface area contributed by atoms with Gasteiger partial charge in [-0.2, -0.15) is 0 Å². The third-order valence-electron chi connectivity index (χ3n) is 3.77. The zero-order chi connectivity index (χ0) is 11.4. The van der Waals surface area contributed by atoms with E-state index < -0.39 is 0 Å². The van der Waals surface area contributed by atoms with Gasteiger partial charge in [-0.25, -0.2) is 0 Å². The highest BCUT2D eigenvalue weighted by Crippen LogP contribution is 2.31. The van der Waals surface area contributed by atoms with Crippen molar-refractivity contribution in [3.05, 3.63) is 0 Å². The largest absolute Gasteiger partial charge is 0.381 e. The minimum absolute atomic E-state index is 0.212. The summed E-state index contributed by atoms with van der Waals surface area (Å²) < 4.78 is 5.35. The third-order valence-corrected chi connectivity index (χ3v) is 3.77. The predicted octanol–water partition coefficient (Wildman–Crippen LogP) is 2.00. The molecule has 3 nitrogen and oxygen atoms in total. The first-order chi connectivity index (χ1) is 7.81. The highest BCUT2D eigenvalue weighted by Gasteiger charge is 2.33. The number of aliphatic hydroxyl groups is 1. The number of hydrogen-bond donors (Lipinski definition) is 1. The molecule has 0 radical (unpaired) electrons. The Hall–Kier alpha value is -0.120. The Balaban J connectivity index is 1.77. The van der Waals surface area contributed by atoms with E-state index in [0.717, 1.165) is 45.4 Å². The summed E-state index contributed by atoms with van der Waals surface area (Å²) >= 11 is 0. The van der Waals surface area contributed by atoms with Gasteiger partial charge in [0.25, 0.3) is 0 Å². The molecule has 0 aromatic rings. The molecule has 1 unspecified atom stereocenters. The predicted molar refractivity (Wildman–Crippen MR) is 64.2 cm³/mol. The molecular formula is C13H25NO2. The van der Waals surface area contributed by atoms with E-state index >= 15 is 0 Å². The van der Waals surface area contributed by atoms with Crippen LogP contribution in [0.1, 0.15) is 45.4 Å². The average Bonchev–Trinajstić information content (AvgIpc) is 3.11. The number of nitrogens with zero attached hydrogens (tertiary/aromatic N) is 1. The molecule has 1 aliphatic carbocycles. The second-order valence-electron chi connectivity index (χ2n) is 5.24. The molecule has 1 saturated carbocycles. The van der Waals surface area contributed by atoms with E-state index in [2.05, 4.69) is 11.8 Å². The van der Waals surface area contributed by atoms with E-state index in [1.807, 2.05) is 0 Å². The summed E-state index contributed by atoms with van der Waals surface area (Å²) in [6.45, 7) is 5.01. The summed E-state index contributed by atoms with van der Waals surface area (Å²) in [6.07, 6.45) is 6.69. The van der Waals surface area contributed by atoms with E-state index in [1.165, 1.54) is 12.8 Å². The van der Waals surface area contributed by atoms with Crippen LogP contribution in [0, 0.1) is 5.92 Å². The van der Waals surface area contributed by atoms with Gasteiger partial charge in [0.2, 0.25) is 0 Å². The van der Waals surface area contributed by atoms with Crippen molar-refractivity contribution in [3.8, 4) is 0 Å². The van der Waals surface area contributed by atoms with Crippen LogP contribution in [0.4, 0.5) is 0 Å². The summed E-state index contributed by atoms with van der Waals surface area (Å²) in [6, 6.07) is 0.676. The van der Waals surface area contributed by atoms with E-state index in [-0.39, 0.29) is 6.23 Å². The topological polar surface area (TPSA) is 32.7 Å². The average molecular weight is 227 g/mol. The van der Waals surface area contributed by atoms with Crippen LogP contribution in [0.15, 0.2) is 0 Å². The van der Waals surface area contributed by atoms with Crippen molar-refractivity contribution >= 4 is 0 Å².